The van der Waals surface area contributed by atoms with Gasteiger partial charge in [-0.15, -0.1) is 24.8 Å². The van der Waals surface area contributed by atoms with Gasteiger partial charge >= 0.3 is 0 Å². The summed E-state index contributed by atoms with van der Waals surface area (Å²) in [6.45, 7) is 6.70. The molecule has 2 aliphatic heterocycles. The van der Waals surface area contributed by atoms with Crippen LogP contribution in [0.4, 0.5) is 0 Å². The fraction of sp³-hybridized carbons (Fsp3) is 0.477. The van der Waals surface area contributed by atoms with E-state index in [9.17, 15) is 24.0 Å². The smallest absolute Gasteiger partial charge is 0.246 e. The molecule has 1 aromatic heterocycles. The number of nitrogens with two attached hydrogens (primary N) is 2. The second-order valence-corrected chi connectivity index (χ2v) is 16.0. The molecule has 59 heavy (non-hydrogen) atoms. The Balaban J connectivity index is 0.00000465. The molecule has 7 N–H and O–H groups in total. The fourth-order valence-electron chi connectivity index (χ4n) is 7.60. The summed E-state index contributed by atoms with van der Waals surface area (Å²) >= 11 is 0. The molecular formula is C44H61Cl2N7O6. The molecule has 13 nitrogen and oxygen atoms in total. The quantitative estimate of drug-likeness (QED) is 0.0882. The number of rotatable bonds is 19. The van der Waals surface area contributed by atoms with Gasteiger partial charge in [0.25, 0.3) is 0 Å². The molecule has 0 bridgehead atoms. The van der Waals surface area contributed by atoms with Crippen LogP contribution < -0.4 is 27.4 Å². The zero-order valence-corrected chi connectivity index (χ0v) is 35.7. The number of nitrogens with one attached hydrogen (secondary N) is 3. The molecule has 2 saturated heterocycles. The molecule has 1 spiro atoms. The second-order valence-electron chi connectivity index (χ2n) is 16.0. The number of likely N-dealkylation sites (tertiary alicyclic amines) is 2. The Kier molecular flexibility index (Phi) is 19.6. The van der Waals surface area contributed by atoms with Gasteiger partial charge in [-0.1, -0.05) is 74.5 Å². The highest BCUT2D eigenvalue weighted by Crippen LogP contribution is 2.40. The van der Waals surface area contributed by atoms with Crippen molar-refractivity contribution < 1.29 is 28.4 Å². The van der Waals surface area contributed by atoms with E-state index in [0.717, 1.165) is 29.5 Å². The SMILES string of the molecule is CC(C)C[C@@H](NC(=O)[C@@H](Cc1ccccc1)NC(=O)[C@H](N)Cc1ccccc1)C(=O)N[C@H](CCCCN)C(=O)N1CCC2(CC1)CN(C(=O)/C=C/c1ccoc1)C2.Cl.Cl. The number of halogens is 2. The third-order valence-electron chi connectivity index (χ3n) is 10.9. The molecule has 3 aromatic rings. The van der Waals surface area contributed by atoms with Crippen molar-refractivity contribution in [3.05, 3.63) is 102 Å². The molecule has 2 aromatic carbocycles. The lowest BCUT2D eigenvalue weighted by molar-refractivity contribution is -0.147. The van der Waals surface area contributed by atoms with E-state index in [-0.39, 0.29) is 54.4 Å². The van der Waals surface area contributed by atoms with E-state index in [1.165, 1.54) is 0 Å². The Morgan fingerprint density at radius 1 is 0.763 bits per heavy atom. The van der Waals surface area contributed by atoms with Gasteiger partial charge in [0.15, 0.2) is 0 Å². The molecule has 0 saturated carbocycles. The van der Waals surface area contributed by atoms with Crippen LogP contribution in [0.1, 0.15) is 69.1 Å². The number of unbranched alkanes of at least 4 members (excludes halogenated alkanes) is 1. The molecule has 15 heteroatoms. The summed E-state index contributed by atoms with van der Waals surface area (Å²) in [6.07, 6.45) is 10.5. The average molecular weight is 855 g/mol. The van der Waals surface area contributed by atoms with Crippen LogP contribution in [0.15, 0.2) is 89.7 Å². The predicted octanol–water partition coefficient (Wildman–Crippen LogP) is 4.03. The lowest BCUT2D eigenvalue weighted by atomic mass is 9.72. The average Bonchev–Trinajstić information content (AvgIpc) is 3.72. The summed E-state index contributed by atoms with van der Waals surface area (Å²) in [5.41, 5.74) is 14.6. The number of benzene rings is 2. The molecule has 0 aliphatic carbocycles. The monoisotopic (exact) mass is 853 g/mol. The Morgan fingerprint density at radius 2 is 1.34 bits per heavy atom. The first-order valence-electron chi connectivity index (χ1n) is 20.2. The third kappa shape index (κ3) is 14.5. The van der Waals surface area contributed by atoms with Gasteiger partial charge in [-0.2, -0.15) is 0 Å². The summed E-state index contributed by atoms with van der Waals surface area (Å²) < 4.78 is 5.06. The van der Waals surface area contributed by atoms with Gasteiger partial charge in [-0.05, 0) is 80.7 Å². The first-order valence-corrected chi connectivity index (χ1v) is 20.2. The van der Waals surface area contributed by atoms with Crippen LogP contribution in [0, 0.1) is 11.3 Å². The molecule has 5 amide bonds. The van der Waals surface area contributed by atoms with E-state index in [0.29, 0.717) is 64.8 Å². The van der Waals surface area contributed by atoms with Gasteiger partial charge in [0.1, 0.15) is 18.1 Å². The van der Waals surface area contributed by atoms with Crippen molar-refractivity contribution in [3.8, 4) is 0 Å². The minimum atomic E-state index is -1.00. The van der Waals surface area contributed by atoms with Crippen molar-refractivity contribution in [1.29, 1.82) is 0 Å². The highest BCUT2D eigenvalue weighted by Gasteiger charge is 2.47. The van der Waals surface area contributed by atoms with Crippen molar-refractivity contribution in [1.82, 2.24) is 25.8 Å². The van der Waals surface area contributed by atoms with Crippen LogP contribution in [-0.4, -0.2) is 96.2 Å². The standard InChI is InChI=1S/C44H59N7O6.2ClH/c1-31(2)25-37(49-42(55)38(27-33-13-7-4-8-14-33)48-40(53)35(46)26-32-11-5-3-6-12-32)41(54)47-36(15-9-10-21-45)43(56)50-22-19-44(20-23-50)29-51(30-44)39(52)17-16-34-18-24-57-28-34;;/h3-8,11-14,16-18,24,28,31,35-38H,9-10,15,19-23,25-27,29-30,45-46H2,1-2H3,(H,47,54)(H,48,53)(H,49,55);2*1H/b17-16+;;/t35-,36-,37-,38-;;/m1../s1. The van der Waals surface area contributed by atoms with E-state index in [2.05, 4.69) is 16.0 Å². The van der Waals surface area contributed by atoms with E-state index >= 15 is 0 Å². The maximum atomic E-state index is 14.1. The van der Waals surface area contributed by atoms with Crippen LogP contribution in [-0.2, 0) is 36.8 Å². The molecule has 3 heterocycles. The topological polar surface area (TPSA) is 193 Å². The summed E-state index contributed by atoms with van der Waals surface area (Å²) in [5.74, 6) is -1.64. The van der Waals surface area contributed by atoms with Crippen molar-refractivity contribution in [2.45, 2.75) is 89.4 Å². The van der Waals surface area contributed by atoms with Gasteiger partial charge in [0.05, 0.1) is 18.6 Å². The maximum Gasteiger partial charge on any atom is 0.246 e. The van der Waals surface area contributed by atoms with Crippen LogP contribution in [0.25, 0.3) is 6.08 Å². The molecule has 0 radical (unpaired) electrons. The molecule has 0 unspecified atom stereocenters. The number of piperidine rings is 1. The lowest BCUT2D eigenvalue weighted by Crippen LogP contribution is -2.63. The summed E-state index contributed by atoms with van der Waals surface area (Å²) in [4.78, 5) is 71.9. The van der Waals surface area contributed by atoms with Crippen molar-refractivity contribution >= 4 is 60.4 Å². The zero-order valence-electron chi connectivity index (χ0n) is 34.1. The van der Waals surface area contributed by atoms with E-state index < -0.39 is 41.9 Å². The van der Waals surface area contributed by atoms with Crippen LogP contribution in [0.3, 0.4) is 0 Å². The van der Waals surface area contributed by atoms with Gasteiger partial charge in [0.2, 0.25) is 29.5 Å². The van der Waals surface area contributed by atoms with Gasteiger partial charge < -0.3 is 41.6 Å². The second kappa shape index (κ2) is 23.8. The van der Waals surface area contributed by atoms with Gasteiger partial charge in [-0.3, -0.25) is 24.0 Å². The van der Waals surface area contributed by atoms with Crippen LogP contribution in [0.5, 0.6) is 0 Å². The Hall–Kier alpha value is -4.69. The fourth-order valence-corrected chi connectivity index (χ4v) is 7.60. The molecular weight excluding hydrogens is 793 g/mol. The number of carbonyl (C=O) groups is 5. The predicted molar refractivity (Wildman–Crippen MR) is 233 cm³/mol. The largest absolute Gasteiger partial charge is 0.472 e. The summed E-state index contributed by atoms with van der Waals surface area (Å²) in [6, 6.07) is 16.9. The van der Waals surface area contributed by atoms with Crippen LogP contribution in [0.2, 0.25) is 0 Å². The van der Waals surface area contributed by atoms with E-state index in [1.54, 1.807) is 30.7 Å². The number of hydrogen-bond donors (Lipinski definition) is 5. The van der Waals surface area contributed by atoms with Gasteiger partial charge in [0, 0.05) is 49.7 Å². The number of nitrogens with zero attached hydrogens (tertiary/aromatic N) is 2. The molecule has 5 rings (SSSR count). The number of carbonyl (C=O) groups excluding carboxylic acids is 5. The van der Waals surface area contributed by atoms with Crippen molar-refractivity contribution in [3.63, 3.8) is 0 Å². The number of hydrogen-bond acceptors (Lipinski definition) is 8. The Morgan fingerprint density at radius 3 is 1.92 bits per heavy atom. The van der Waals surface area contributed by atoms with Crippen molar-refractivity contribution in [2.24, 2.45) is 22.8 Å². The third-order valence-corrected chi connectivity index (χ3v) is 10.9. The van der Waals surface area contributed by atoms with Gasteiger partial charge in [-0.25, -0.2) is 0 Å². The first-order chi connectivity index (χ1) is 27.4. The Labute approximate surface area is 360 Å². The lowest BCUT2D eigenvalue weighted by Gasteiger charge is -2.54. The molecule has 322 valence electrons. The Bertz CT molecular complexity index is 1800. The minimum Gasteiger partial charge on any atom is -0.472 e. The zero-order chi connectivity index (χ0) is 40.8. The molecule has 4 atom stereocenters. The highest BCUT2D eigenvalue weighted by molar-refractivity contribution is 5.95. The van der Waals surface area contributed by atoms with Crippen molar-refractivity contribution in [2.75, 3.05) is 32.7 Å². The first kappa shape index (κ1) is 48.7. The summed E-state index contributed by atoms with van der Waals surface area (Å²) in [7, 11) is 0. The molecule has 2 fully saturated rings. The number of amides is 5. The highest BCUT2D eigenvalue weighted by atomic mass is 35.5. The summed E-state index contributed by atoms with van der Waals surface area (Å²) in [5, 5.41) is 8.76. The van der Waals surface area contributed by atoms with E-state index in [1.807, 2.05) is 84.3 Å². The van der Waals surface area contributed by atoms with E-state index in [4.69, 9.17) is 15.9 Å². The minimum absolute atomic E-state index is 0. The maximum absolute atomic E-state index is 14.1. The normalized spacial score (nSPS) is 16.5. The molecule has 2 aliphatic rings. The number of furan rings is 1. The van der Waals surface area contributed by atoms with Crippen LogP contribution >= 0.6 is 24.8 Å².